The highest BCUT2D eigenvalue weighted by atomic mass is 16.1. The van der Waals surface area contributed by atoms with Crippen LogP contribution in [-0.4, -0.2) is 10.8 Å². The minimum atomic E-state index is -0.121. The molecular weight excluding hydrogens is 152 g/mol. The summed E-state index contributed by atoms with van der Waals surface area (Å²) in [4.78, 5) is 15.0. The van der Waals surface area contributed by atoms with Crippen molar-refractivity contribution in [2.24, 2.45) is 5.73 Å². The van der Waals surface area contributed by atoms with Crippen LogP contribution in [0.2, 0.25) is 0 Å². The molecule has 3 heteroatoms. The van der Waals surface area contributed by atoms with Gasteiger partial charge < -0.3 is 5.73 Å². The maximum atomic E-state index is 10.9. The van der Waals surface area contributed by atoms with E-state index < -0.39 is 0 Å². The highest BCUT2D eigenvalue weighted by molar-refractivity contribution is 5.92. The summed E-state index contributed by atoms with van der Waals surface area (Å²) >= 11 is 0. The molecule has 0 radical (unpaired) electrons. The van der Waals surface area contributed by atoms with Crippen LogP contribution >= 0.6 is 0 Å². The number of Topliss-reactive ketones (excluding diaryl/α,β-unsaturated/α-hetero) is 1. The predicted octanol–water partition coefficient (Wildman–Crippen LogP) is 1.30. The molecule has 1 rings (SSSR count). The van der Waals surface area contributed by atoms with Gasteiger partial charge in [0.05, 0.1) is 5.69 Å². The third-order valence-corrected chi connectivity index (χ3v) is 1.60. The van der Waals surface area contributed by atoms with Crippen LogP contribution in [0, 0.1) is 0 Å². The fraction of sp³-hybridized carbons (Fsp3) is 0.333. The largest absolute Gasteiger partial charge is 0.323 e. The molecule has 0 unspecified atom stereocenters. The lowest BCUT2D eigenvalue weighted by Crippen LogP contribution is -2.09. The van der Waals surface area contributed by atoms with Crippen LogP contribution in [0.3, 0.4) is 0 Å². The molecule has 1 aromatic rings. The van der Waals surface area contributed by atoms with Gasteiger partial charge in [-0.25, -0.2) is 4.98 Å². The zero-order valence-electron chi connectivity index (χ0n) is 7.24. The molecule has 0 saturated carbocycles. The van der Waals surface area contributed by atoms with Crippen molar-refractivity contribution in [2.45, 2.75) is 19.9 Å². The van der Waals surface area contributed by atoms with Crippen LogP contribution in [-0.2, 0) is 0 Å². The third kappa shape index (κ3) is 1.89. The molecule has 0 aliphatic rings. The lowest BCUT2D eigenvalue weighted by Gasteiger charge is -2.04. The Hall–Kier alpha value is -1.22. The number of hydrogen-bond acceptors (Lipinski definition) is 3. The summed E-state index contributed by atoms with van der Waals surface area (Å²) in [6, 6.07) is 5.18. The quantitative estimate of drug-likeness (QED) is 0.670. The number of pyridine rings is 1. The highest BCUT2D eigenvalue weighted by Crippen LogP contribution is 2.06. The first-order chi connectivity index (χ1) is 5.61. The molecule has 0 aliphatic heterocycles. The second kappa shape index (κ2) is 3.45. The van der Waals surface area contributed by atoms with E-state index in [1.807, 2.05) is 13.0 Å². The normalized spacial score (nSPS) is 12.6. The first-order valence-electron chi connectivity index (χ1n) is 3.84. The second-order valence-electron chi connectivity index (χ2n) is 2.79. The summed E-state index contributed by atoms with van der Waals surface area (Å²) in [5.41, 5.74) is 6.84. The molecule has 3 nitrogen and oxygen atoms in total. The average Bonchev–Trinajstić information content (AvgIpc) is 2.04. The molecule has 0 aromatic carbocycles. The molecule has 64 valence electrons. The smallest absolute Gasteiger partial charge is 0.178 e. The van der Waals surface area contributed by atoms with Gasteiger partial charge in [0.25, 0.3) is 0 Å². The van der Waals surface area contributed by atoms with Crippen LogP contribution in [0.1, 0.15) is 36.1 Å². The van der Waals surface area contributed by atoms with Crippen LogP contribution in [0.5, 0.6) is 0 Å². The van der Waals surface area contributed by atoms with E-state index in [0.717, 1.165) is 5.69 Å². The van der Waals surface area contributed by atoms with Gasteiger partial charge in [0, 0.05) is 13.0 Å². The molecule has 0 aliphatic carbocycles. The fourth-order valence-corrected chi connectivity index (χ4v) is 0.901. The Kier molecular flexibility index (Phi) is 2.55. The van der Waals surface area contributed by atoms with Crippen LogP contribution in [0.4, 0.5) is 0 Å². The number of aromatic nitrogens is 1. The summed E-state index contributed by atoms with van der Waals surface area (Å²) in [5.74, 6) is -0.0301. The number of nitrogens with two attached hydrogens (primary N) is 1. The van der Waals surface area contributed by atoms with Gasteiger partial charge in [-0.1, -0.05) is 6.07 Å². The monoisotopic (exact) mass is 164 g/mol. The third-order valence-electron chi connectivity index (χ3n) is 1.60. The molecule has 0 amide bonds. The summed E-state index contributed by atoms with van der Waals surface area (Å²) < 4.78 is 0. The van der Waals surface area contributed by atoms with E-state index in [2.05, 4.69) is 4.98 Å². The Morgan fingerprint density at radius 1 is 1.58 bits per heavy atom. The molecule has 0 bridgehead atoms. The number of ketones is 1. The standard InChI is InChI=1S/C9H12N2O/c1-6(10)8-4-3-5-9(11-8)7(2)12/h3-6H,10H2,1-2H3/t6-/m1/s1. The minimum Gasteiger partial charge on any atom is -0.323 e. The van der Waals surface area contributed by atoms with Gasteiger partial charge in [0.2, 0.25) is 0 Å². The van der Waals surface area contributed by atoms with Crippen molar-refractivity contribution in [3.05, 3.63) is 29.6 Å². The molecule has 0 spiro atoms. The van der Waals surface area contributed by atoms with E-state index >= 15 is 0 Å². The first kappa shape index (κ1) is 8.87. The maximum absolute atomic E-state index is 10.9. The molecule has 12 heavy (non-hydrogen) atoms. The Balaban J connectivity index is 3.04. The molecular formula is C9H12N2O. The number of rotatable bonds is 2. The lowest BCUT2D eigenvalue weighted by molar-refractivity contribution is 0.101. The van der Waals surface area contributed by atoms with Crippen molar-refractivity contribution in [1.82, 2.24) is 4.98 Å². The molecule has 1 atom stereocenters. The first-order valence-corrected chi connectivity index (χ1v) is 3.84. The van der Waals surface area contributed by atoms with Gasteiger partial charge in [0.15, 0.2) is 5.78 Å². The van der Waals surface area contributed by atoms with E-state index in [1.165, 1.54) is 6.92 Å². The zero-order valence-corrected chi connectivity index (χ0v) is 7.24. The lowest BCUT2D eigenvalue weighted by atomic mass is 10.2. The zero-order chi connectivity index (χ0) is 9.14. The highest BCUT2D eigenvalue weighted by Gasteiger charge is 2.04. The maximum Gasteiger partial charge on any atom is 0.178 e. The Morgan fingerprint density at radius 2 is 2.25 bits per heavy atom. The van der Waals surface area contributed by atoms with Gasteiger partial charge in [0.1, 0.15) is 5.69 Å². The average molecular weight is 164 g/mol. The Labute approximate surface area is 71.6 Å². The van der Waals surface area contributed by atoms with Crippen LogP contribution < -0.4 is 5.73 Å². The topological polar surface area (TPSA) is 56.0 Å². The van der Waals surface area contributed by atoms with Crippen molar-refractivity contribution < 1.29 is 4.79 Å². The molecule has 0 saturated heterocycles. The SMILES string of the molecule is CC(=O)c1cccc([C@@H](C)N)n1. The fourth-order valence-electron chi connectivity index (χ4n) is 0.901. The predicted molar refractivity (Wildman–Crippen MR) is 46.8 cm³/mol. The number of carbonyl (C=O) groups excluding carboxylic acids is 1. The van der Waals surface area contributed by atoms with E-state index in [4.69, 9.17) is 5.73 Å². The van der Waals surface area contributed by atoms with Crippen molar-refractivity contribution in [1.29, 1.82) is 0 Å². The Morgan fingerprint density at radius 3 is 2.75 bits per heavy atom. The molecule has 1 aromatic heterocycles. The van der Waals surface area contributed by atoms with Crippen LogP contribution in [0.15, 0.2) is 18.2 Å². The van der Waals surface area contributed by atoms with E-state index in [-0.39, 0.29) is 11.8 Å². The minimum absolute atomic E-state index is 0.0301. The van der Waals surface area contributed by atoms with Crippen molar-refractivity contribution in [3.63, 3.8) is 0 Å². The molecule has 2 N–H and O–H groups in total. The second-order valence-corrected chi connectivity index (χ2v) is 2.79. The van der Waals surface area contributed by atoms with Gasteiger partial charge in [-0.05, 0) is 19.1 Å². The van der Waals surface area contributed by atoms with E-state index in [1.54, 1.807) is 12.1 Å². The van der Waals surface area contributed by atoms with E-state index in [9.17, 15) is 4.79 Å². The number of nitrogens with zero attached hydrogens (tertiary/aromatic N) is 1. The van der Waals surface area contributed by atoms with Gasteiger partial charge in [-0.2, -0.15) is 0 Å². The van der Waals surface area contributed by atoms with Crippen LogP contribution in [0.25, 0.3) is 0 Å². The van der Waals surface area contributed by atoms with Crippen molar-refractivity contribution in [2.75, 3.05) is 0 Å². The number of hydrogen-bond donors (Lipinski definition) is 1. The van der Waals surface area contributed by atoms with E-state index in [0.29, 0.717) is 5.69 Å². The summed E-state index contributed by atoms with van der Waals surface area (Å²) in [6.45, 7) is 3.33. The van der Waals surface area contributed by atoms with Gasteiger partial charge in [-0.15, -0.1) is 0 Å². The molecule has 0 fully saturated rings. The molecule has 1 heterocycles. The van der Waals surface area contributed by atoms with Crippen molar-refractivity contribution in [3.8, 4) is 0 Å². The summed E-state index contributed by atoms with van der Waals surface area (Å²) in [6.07, 6.45) is 0. The Bertz CT molecular complexity index is 294. The summed E-state index contributed by atoms with van der Waals surface area (Å²) in [7, 11) is 0. The van der Waals surface area contributed by atoms with Crippen molar-refractivity contribution >= 4 is 5.78 Å². The van der Waals surface area contributed by atoms with Gasteiger partial charge >= 0.3 is 0 Å². The van der Waals surface area contributed by atoms with Gasteiger partial charge in [-0.3, -0.25) is 4.79 Å². The number of carbonyl (C=O) groups is 1. The summed E-state index contributed by atoms with van der Waals surface area (Å²) in [5, 5.41) is 0.